The summed E-state index contributed by atoms with van der Waals surface area (Å²) in [5.74, 6) is -0.548. The summed E-state index contributed by atoms with van der Waals surface area (Å²) in [4.78, 5) is 38.8. The SMILES string of the molecule is C[C@@H]1[C@@H](C)CCC[C@@H]1N1C[C@H](C(=O)OCC(=O)Nc2cccc(C#N)c2)CC1=O. The molecule has 154 valence electrons. The first-order chi connectivity index (χ1) is 13.9. The summed E-state index contributed by atoms with van der Waals surface area (Å²) >= 11 is 0. The Morgan fingerprint density at radius 3 is 2.86 bits per heavy atom. The maximum absolute atomic E-state index is 12.5. The van der Waals surface area contributed by atoms with Crippen LogP contribution in [-0.2, 0) is 19.1 Å². The number of carbonyl (C=O) groups excluding carboxylic acids is 3. The Labute approximate surface area is 171 Å². The van der Waals surface area contributed by atoms with Gasteiger partial charge in [0.2, 0.25) is 5.91 Å². The first-order valence-electron chi connectivity index (χ1n) is 10.1. The Morgan fingerprint density at radius 2 is 2.10 bits per heavy atom. The van der Waals surface area contributed by atoms with Crippen molar-refractivity contribution < 1.29 is 19.1 Å². The Kier molecular flexibility index (Phi) is 6.53. The van der Waals surface area contributed by atoms with Crippen LogP contribution in [0.5, 0.6) is 0 Å². The van der Waals surface area contributed by atoms with Crippen LogP contribution in [-0.4, -0.2) is 41.9 Å². The van der Waals surface area contributed by atoms with Crippen molar-refractivity contribution in [1.82, 2.24) is 4.90 Å². The van der Waals surface area contributed by atoms with Crippen molar-refractivity contribution >= 4 is 23.5 Å². The van der Waals surface area contributed by atoms with E-state index in [0.29, 0.717) is 29.6 Å². The van der Waals surface area contributed by atoms with Gasteiger partial charge in [0.25, 0.3) is 5.91 Å². The molecule has 7 heteroatoms. The van der Waals surface area contributed by atoms with Crippen molar-refractivity contribution in [2.24, 2.45) is 17.8 Å². The third-order valence-electron chi connectivity index (χ3n) is 6.18. The summed E-state index contributed by atoms with van der Waals surface area (Å²) in [6.07, 6.45) is 3.39. The molecule has 1 N–H and O–H groups in total. The summed E-state index contributed by atoms with van der Waals surface area (Å²) in [6.45, 7) is 4.34. The number of likely N-dealkylation sites (tertiary alicyclic amines) is 1. The van der Waals surface area contributed by atoms with Crippen molar-refractivity contribution in [3.8, 4) is 6.07 Å². The summed E-state index contributed by atoms with van der Waals surface area (Å²) in [5, 5.41) is 11.5. The first kappa shape index (κ1) is 20.8. The standard InChI is InChI=1S/C22H27N3O4/c1-14-5-3-8-19(15(14)2)25-12-17(10-21(25)27)22(28)29-13-20(26)24-18-7-4-6-16(9-18)11-23/h4,6-7,9,14-15,17,19H,3,5,8,10,12-13H2,1-2H3,(H,24,26)/t14-,15+,17+,19-/m0/s1. The minimum Gasteiger partial charge on any atom is -0.455 e. The van der Waals surface area contributed by atoms with Gasteiger partial charge in [0.05, 0.1) is 17.6 Å². The Bertz CT molecular complexity index is 832. The van der Waals surface area contributed by atoms with E-state index in [2.05, 4.69) is 19.2 Å². The molecular weight excluding hydrogens is 370 g/mol. The van der Waals surface area contributed by atoms with Gasteiger partial charge in [0.15, 0.2) is 6.61 Å². The monoisotopic (exact) mass is 397 g/mol. The molecule has 0 unspecified atom stereocenters. The highest BCUT2D eigenvalue weighted by atomic mass is 16.5. The second-order valence-corrected chi connectivity index (χ2v) is 8.13. The van der Waals surface area contributed by atoms with E-state index in [9.17, 15) is 14.4 Å². The second kappa shape index (κ2) is 9.08. The van der Waals surface area contributed by atoms with Crippen LogP contribution in [0.3, 0.4) is 0 Å². The third kappa shape index (κ3) is 4.94. The summed E-state index contributed by atoms with van der Waals surface area (Å²) in [7, 11) is 0. The van der Waals surface area contributed by atoms with E-state index >= 15 is 0 Å². The van der Waals surface area contributed by atoms with Crippen LogP contribution in [0.1, 0.15) is 45.1 Å². The number of nitrogens with one attached hydrogen (secondary N) is 1. The number of carbonyl (C=O) groups is 3. The number of nitriles is 1. The van der Waals surface area contributed by atoms with Crippen LogP contribution in [0.2, 0.25) is 0 Å². The van der Waals surface area contributed by atoms with E-state index < -0.39 is 24.4 Å². The molecule has 1 aromatic carbocycles. The summed E-state index contributed by atoms with van der Waals surface area (Å²) < 4.78 is 5.15. The van der Waals surface area contributed by atoms with Gasteiger partial charge in [-0.3, -0.25) is 14.4 Å². The lowest BCUT2D eigenvalue weighted by Crippen LogP contribution is -2.45. The molecule has 29 heavy (non-hydrogen) atoms. The van der Waals surface area contributed by atoms with Gasteiger partial charge in [0, 0.05) is 24.7 Å². The molecule has 7 nitrogen and oxygen atoms in total. The first-order valence-corrected chi connectivity index (χ1v) is 10.1. The summed E-state index contributed by atoms with van der Waals surface area (Å²) in [5.41, 5.74) is 0.892. The van der Waals surface area contributed by atoms with Crippen LogP contribution in [0.15, 0.2) is 24.3 Å². The molecular formula is C22H27N3O4. The van der Waals surface area contributed by atoms with Gasteiger partial charge in [-0.25, -0.2) is 0 Å². The van der Waals surface area contributed by atoms with Crippen molar-refractivity contribution in [2.75, 3.05) is 18.5 Å². The van der Waals surface area contributed by atoms with Gasteiger partial charge in [-0.1, -0.05) is 32.8 Å². The number of rotatable bonds is 5. The minimum atomic E-state index is -0.526. The molecule has 1 saturated heterocycles. The smallest absolute Gasteiger partial charge is 0.311 e. The fourth-order valence-electron chi connectivity index (χ4n) is 4.32. The predicted molar refractivity (Wildman–Crippen MR) is 107 cm³/mol. The number of anilines is 1. The molecule has 1 aliphatic carbocycles. The van der Waals surface area contributed by atoms with Crippen LogP contribution in [0.25, 0.3) is 0 Å². The fourth-order valence-corrected chi connectivity index (χ4v) is 4.32. The minimum absolute atomic E-state index is 0.00401. The largest absolute Gasteiger partial charge is 0.455 e. The van der Waals surface area contributed by atoms with Crippen molar-refractivity contribution in [2.45, 2.75) is 45.6 Å². The molecule has 1 saturated carbocycles. The zero-order valence-electron chi connectivity index (χ0n) is 16.9. The number of benzene rings is 1. The molecule has 0 spiro atoms. The van der Waals surface area contributed by atoms with Crippen molar-refractivity contribution in [3.63, 3.8) is 0 Å². The average molecular weight is 397 g/mol. The van der Waals surface area contributed by atoms with Crippen molar-refractivity contribution in [1.29, 1.82) is 5.26 Å². The van der Waals surface area contributed by atoms with E-state index in [1.165, 1.54) is 6.42 Å². The zero-order chi connectivity index (χ0) is 21.0. The third-order valence-corrected chi connectivity index (χ3v) is 6.18. The van der Waals surface area contributed by atoms with Gasteiger partial charge in [-0.05, 0) is 36.5 Å². The van der Waals surface area contributed by atoms with E-state index in [1.54, 1.807) is 24.3 Å². The molecule has 2 aliphatic rings. The van der Waals surface area contributed by atoms with E-state index in [1.807, 2.05) is 11.0 Å². The van der Waals surface area contributed by atoms with Gasteiger partial charge in [-0.2, -0.15) is 5.26 Å². The lowest BCUT2D eigenvalue weighted by Gasteiger charge is -2.39. The van der Waals surface area contributed by atoms with Crippen LogP contribution < -0.4 is 5.32 Å². The average Bonchev–Trinajstić information content (AvgIpc) is 3.10. The number of hydrogen-bond acceptors (Lipinski definition) is 5. The number of ether oxygens (including phenoxy) is 1. The Balaban J connectivity index is 1.50. The molecule has 2 amide bonds. The van der Waals surface area contributed by atoms with Gasteiger partial charge < -0.3 is 15.0 Å². The Morgan fingerprint density at radius 1 is 1.31 bits per heavy atom. The second-order valence-electron chi connectivity index (χ2n) is 8.13. The normalized spacial score (nSPS) is 26.7. The van der Waals surface area contributed by atoms with E-state index in [0.717, 1.165) is 12.8 Å². The number of amides is 2. The predicted octanol–water partition coefficient (Wildman–Crippen LogP) is 2.71. The molecule has 0 aromatic heterocycles. The van der Waals surface area contributed by atoms with Crippen LogP contribution in [0, 0.1) is 29.1 Å². The quantitative estimate of drug-likeness (QED) is 0.770. The molecule has 2 fully saturated rings. The molecule has 0 radical (unpaired) electrons. The van der Waals surface area contributed by atoms with Crippen LogP contribution in [0.4, 0.5) is 5.69 Å². The molecule has 3 rings (SSSR count). The topological polar surface area (TPSA) is 99.5 Å². The maximum Gasteiger partial charge on any atom is 0.311 e. The number of nitrogens with zero attached hydrogens (tertiary/aromatic N) is 2. The molecule has 0 bridgehead atoms. The Hall–Kier alpha value is -2.88. The lowest BCUT2D eigenvalue weighted by molar-refractivity contribution is -0.151. The van der Waals surface area contributed by atoms with E-state index in [4.69, 9.17) is 10.00 Å². The number of esters is 1. The van der Waals surface area contributed by atoms with E-state index in [-0.39, 0.29) is 18.4 Å². The van der Waals surface area contributed by atoms with Gasteiger partial charge in [-0.15, -0.1) is 0 Å². The fraction of sp³-hybridized carbons (Fsp3) is 0.545. The van der Waals surface area contributed by atoms with Gasteiger partial charge >= 0.3 is 5.97 Å². The highest BCUT2D eigenvalue weighted by Crippen LogP contribution is 2.35. The highest BCUT2D eigenvalue weighted by molar-refractivity contribution is 5.93. The lowest BCUT2D eigenvalue weighted by atomic mass is 9.77. The maximum atomic E-state index is 12.5. The van der Waals surface area contributed by atoms with Crippen molar-refractivity contribution in [3.05, 3.63) is 29.8 Å². The highest BCUT2D eigenvalue weighted by Gasteiger charge is 2.42. The molecule has 4 atom stereocenters. The van der Waals surface area contributed by atoms with Gasteiger partial charge in [0.1, 0.15) is 0 Å². The molecule has 1 aromatic rings. The van der Waals surface area contributed by atoms with Crippen LogP contribution >= 0.6 is 0 Å². The zero-order valence-corrected chi connectivity index (χ0v) is 16.9. The summed E-state index contributed by atoms with van der Waals surface area (Å²) in [6, 6.07) is 8.66. The number of hydrogen-bond donors (Lipinski definition) is 1. The molecule has 1 aliphatic heterocycles. The molecule has 1 heterocycles.